The van der Waals surface area contributed by atoms with Gasteiger partial charge in [-0.3, -0.25) is 4.79 Å². The Labute approximate surface area is 179 Å². The van der Waals surface area contributed by atoms with Crippen LogP contribution in [0.25, 0.3) is 0 Å². The molecule has 7 nitrogen and oxygen atoms in total. The number of nitrogens with zero attached hydrogens (tertiary/aromatic N) is 3. The minimum atomic E-state index is -4.55. The highest BCUT2D eigenvalue weighted by Gasteiger charge is 2.33. The van der Waals surface area contributed by atoms with Crippen LogP contribution < -0.4 is 21.7 Å². The number of carbonyl (C=O) groups excluding carboxylic acids is 1. The second kappa shape index (κ2) is 9.40. The maximum atomic E-state index is 13.2. The SMILES string of the molecule is CCCc1cc(N2CCCC(CC(N)=O)C2)nc(Nc2ccc(N)c(C(F)(F)F)c2)n1. The Balaban J connectivity index is 1.88. The lowest BCUT2D eigenvalue weighted by Gasteiger charge is -2.33. The van der Waals surface area contributed by atoms with Gasteiger partial charge in [0.15, 0.2) is 0 Å². The number of hydrogen-bond donors (Lipinski definition) is 3. The van der Waals surface area contributed by atoms with Gasteiger partial charge in [-0.15, -0.1) is 0 Å². The van der Waals surface area contributed by atoms with Crippen LogP contribution in [0.1, 0.15) is 43.9 Å². The molecule has 10 heteroatoms. The molecule has 1 aromatic carbocycles. The zero-order valence-corrected chi connectivity index (χ0v) is 17.4. The summed E-state index contributed by atoms with van der Waals surface area (Å²) in [7, 11) is 0. The molecule has 3 rings (SSSR count). The average molecular weight is 436 g/mol. The van der Waals surface area contributed by atoms with E-state index in [1.807, 2.05) is 13.0 Å². The molecule has 2 heterocycles. The van der Waals surface area contributed by atoms with Crippen molar-refractivity contribution in [2.24, 2.45) is 11.7 Å². The first-order valence-corrected chi connectivity index (χ1v) is 10.3. The van der Waals surface area contributed by atoms with Crippen molar-refractivity contribution in [1.29, 1.82) is 0 Å². The number of piperidine rings is 1. The number of primary amides is 1. The summed E-state index contributed by atoms with van der Waals surface area (Å²) in [5, 5.41) is 2.89. The number of alkyl halides is 3. The van der Waals surface area contributed by atoms with Crippen LogP contribution in [0.2, 0.25) is 0 Å². The van der Waals surface area contributed by atoms with Crippen LogP contribution in [0.4, 0.5) is 36.3 Å². The van der Waals surface area contributed by atoms with Gasteiger partial charge in [-0.1, -0.05) is 13.3 Å². The second-order valence-electron chi connectivity index (χ2n) is 7.84. The van der Waals surface area contributed by atoms with Gasteiger partial charge in [0.2, 0.25) is 11.9 Å². The molecule has 0 aliphatic carbocycles. The zero-order chi connectivity index (χ0) is 22.6. The summed E-state index contributed by atoms with van der Waals surface area (Å²) < 4.78 is 39.6. The average Bonchev–Trinajstić information content (AvgIpc) is 2.68. The fourth-order valence-electron chi connectivity index (χ4n) is 3.82. The highest BCUT2D eigenvalue weighted by atomic mass is 19.4. The van der Waals surface area contributed by atoms with Gasteiger partial charge in [0.1, 0.15) is 5.82 Å². The first-order chi connectivity index (χ1) is 14.7. The van der Waals surface area contributed by atoms with Crippen LogP contribution in [0.3, 0.4) is 0 Å². The molecule has 1 aromatic heterocycles. The predicted octanol–water partition coefficient (Wildman–Crippen LogP) is 3.87. The highest BCUT2D eigenvalue weighted by Crippen LogP contribution is 2.35. The first kappa shape index (κ1) is 22.6. The summed E-state index contributed by atoms with van der Waals surface area (Å²) in [6.07, 6.45) is -0.844. The molecule has 5 N–H and O–H groups in total. The minimum absolute atomic E-state index is 0.152. The van der Waals surface area contributed by atoms with E-state index in [-0.39, 0.29) is 29.1 Å². The number of aryl methyl sites for hydroxylation is 1. The van der Waals surface area contributed by atoms with Crippen LogP contribution in [-0.2, 0) is 17.4 Å². The number of carbonyl (C=O) groups is 1. The van der Waals surface area contributed by atoms with Crippen molar-refractivity contribution in [2.75, 3.05) is 29.0 Å². The molecule has 1 unspecified atom stereocenters. The van der Waals surface area contributed by atoms with Crippen LogP contribution in [-0.4, -0.2) is 29.0 Å². The van der Waals surface area contributed by atoms with Crippen molar-refractivity contribution in [3.63, 3.8) is 0 Å². The van der Waals surface area contributed by atoms with Crippen LogP contribution in [0, 0.1) is 5.92 Å². The third-order valence-corrected chi connectivity index (χ3v) is 5.22. The maximum Gasteiger partial charge on any atom is 0.418 e. The highest BCUT2D eigenvalue weighted by molar-refractivity contribution is 5.74. The third kappa shape index (κ3) is 5.99. The molecule has 1 saturated heterocycles. The number of halogens is 3. The van der Waals surface area contributed by atoms with E-state index in [1.54, 1.807) is 0 Å². The van der Waals surface area contributed by atoms with Crippen molar-refractivity contribution in [2.45, 2.75) is 45.2 Å². The Kier molecular flexibility index (Phi) is 6.87. The van der Waals surface area contributed by atoms with E-state index in [1.165, 1.54) is 12.1 Å². The van der Waals surface area contributed by atoms with Gasteiger partial charge in [-0.05, 0) is 43.4 Å². The summed E-state index contributed by atoms with van der Waals surface area (Å²) in [5.41, 5.74) is 10.6. The van der Waals surface area contributed by atoms with Crippen molar-refractivity contribution in [1.82, 2.24) is 9.97 Å². The Morgan fingerprint density at radius 3 is 2.74 bits per heavy atom. The Hall–Kier alpha value is -3.04. The number of rotatable bonds is 7. The molecule has 0 radical (unpaired) electrons. The number of nitrogen functional groups attached to an aromatic ring is 1. The molecular formula is C21H27F3N6O. The maximum absolute atomic E-state index is 13.2. The largest absolute Gasteiger partial charge is 0.418 e. The van der Waals surface area contributed by atoms with Crippen molar-refractivity contribution in [3.05, 3.63) is 35.5 Å². The molecule has 31 heavy (non-hydrogen) atoms. The molecule has 1 aliphatic heterocycles. The summed E-state index contributed by atoms with van der Waals surface area (Å²) >= 11 is 0. The molecule has 2 aromatic rings. The molecule has 1 fully saturated rings. The van der Waals surface area contributed by atoms with Gasteiger partial charge in [-0.25, -0.2) is 4.98 Å². The van der Waals surface area contributed by atoms with E-state index in [4.69, 9.17) is 11.5 Å². The van der Waals surface area contributed by atoms with E-state index in [2.05, 4.69) is 20.2 Å². The van der Waals surface area contributed by atoms with Crippen LogP contribution in [0.5, 0.6) is 0 Å². The lowest BCUT2D eigenvalue weighted by molar-refractivity contribution is -0.136. The van der Waals surface area contributed by atoms with Crippen LogP contribution in [0.15, 0.2) is 24.3 Å². The van der Waals surface area contributed by atoms with Gasteiger partial charge in [0, 0.05) is 42.6 Å². The molecule has 0 spiro atoms. The fraction of sp³-hybridized carbons (Fsp3) is 0.476. The minimum Gasteiger partial charge on any atom is -0.398 e. The van der Waals surface area contributed by atoms with Gasteiger partial charge >= 0.3 is 6.18 Å². The lowest BCUT2D eigenvalue weighted by atomic mass is 9.94. The summed E-state index contributed by atoms with van der Waals surface area (Å²) in [5.74, 6) is 0.726. The Morgan fingerprint density at radius 2 is 2.06 bits per heavy atom. The summed E-state index contributed by atoms with van der Waals surface area (Å²) in [6, 6.07) is 5.52. The van der Waals surface area contributed by atoms with Crippen LogP contribution >= 0.6 is 0 Å². The molecule has 1 amide bonds. The number of anilines is 4. The first-order valence-electron chi connectivity index (χ1n) is 10.3. The summed E-state index contributed by atoms with van der Waals surface area (Å²) in [4.78, 5) is 22.4. The second-order valence-corrected chi connectivity index (χ2v) is 7.84. The fourth-order valence-corrected chi connectivity index (χ4v) is 3.82. The zero-order valence-electron chi connectivity index (χ0n) is 17.4. The lowest BCUT2D eigenvalue weighted by Crippen LogP contribution is -2.37. The number of nitrogens with two attached hydrogens (primary N) is 2. The monoisotopic (exact) mass is 436 g/mol. The number of nitrogens with one attached hydrogen (secondary N) is 1. The van der Waals surface area contributed by atoms with E-state index in [9.17, 15) is 18.0 Å². The molecular weight excluding hydrogens is 409 g/mol. The third-order valence-electron chi connectivity index (χ3n) is 5.22. The Bertz CT molecular complexity index is 934. The number of amides is 1. The van der Waals surface area contributed by atoms with E-state index in [0.29, 0.717) is 25.2 Å². The van der Waals surface area contributed by atoms with Gasteiger partial charge in [0.05, 0.1) is 5.56 Å². The van der Waals surface area contributed by atoms with Gasteiger partial charge in [-0.2, -0.15) is 18.2 Å². The number of benzene rings is 1. The molecule has 0 saturated carbocycles. The Morgan fingerprint density at radius 1 is 1.29 bits per heavy atom. The normalized spacial score (nSPS) is 16.9. The molecule has 1 atom stereocenters. The van der Waals surface area contributed by atoms with Gasteiger partial charge < -0.3 is 21.7 Å². The molecule has 0 bridgehead atoms. The van der Waals surface area contributed by atoms with Crippen molar-refractivity contribution in [3.8, 4) is 0 Å². The number of aromatic nitrogens is 2. The van der Waals surface area contributed by atoms with E-state index < -0.39 is 11.7 Å². The van der Waals surface area contributed by atoms with Gasteiger partial charge in [0.25, 0.3) is 0 Å². The smallest absolute Gasteiger partial charge is 0.398 e. The topological polar surface area (TPSA) is 110 Å². The number of hydrogen-bond acceptors (Lipinski definition) is 6. The van der Waals surface area contributed by atoms with Crippen molar-refractivity contribution < 1.29 is 18.0 Å². The molecule has 1 aliphatic rings. The standard InChI is InChI=1S/C21H27F3N6O/c1-2-4-14-11-19(30-8-3-5-13(12-30)9-18(26)31)29-20(27-14)28-15-6-7-17(25)16(10-15)21(22,23)24/h6-7,10-11,13H,2-5,8-9,12,25H2,1H3,(H2,26,31)(H,27,28,29). The van der Waals surface area contributed by atoms with E-state index >= 15 is 0 Å². The predicted molar refractivity (Wildman–Crippen MR) is 114 cm³/mol. The summed E-state index contributed by atoms with van der Waals surface area (Å²) in [6.45, 7) is 3.44. The molecule has 168 valence electrons. The van der Waals surface area contributed by atoms with Crippen molar-refractivity contribution >= 4 is 29.0 Å². The quantitative estimate of drug-likeness (QED) is 0.569. The van der Waals surface area contributed by atoms with E-state index in [0.717, 1.165) is 37.6 Å².